The molecule has 0 bridgehead atoms. The van der Waals surface area contributed by atoms with Crippen molar-refractivity contribution >= 4 is 40.0 Å². The molecule has 0 radical (unpaired) electrons. The van der Waals surface area contributed by atoms with Gasteiger partial charge in [-0.2, -0.15) is 0 Å². The first-order valence-electron chi connectivity index (χ1n) is 10.2. The van der Waals surface area contributed by atoms with Crippen LogP contribution in [0.15, 0.2) is 90.6 Å². The Hall–Kier alpha value is -4.04. The second-order valence-corrected chi connectivity index (χ2v) is 7.89. The van der Waals surface area contributed by atoms with Crippen LogP contribution in [-0.4, -0.2) is 29.6 Å². The minimum Gasteiger partial charge on any atom is -0.492 e. The fourth-order valence-electron chi connectivity index (χ4n) is 3.08. The predicted molar refractivity (Wildman–Crippen MR) is 127 cm³/mol. The molecule has 2 amide bonds. The molecule has 0 aliphatic carbocycles. The Labute approximate surface area is 195 Å². The molecule has 1 heterocycles. The number of thioether (sulfide) groups is 1. The first-order valence-corrected chi connectivity index (χ1v) is 11.0. The SMILES string of the molecule is O=C1NC(=Cc2ccc(OCCN(C(=O)Oc3ccccc3)c3ccccc3)cc2)C(=O)S1. The zero-order valence-electron chi connectivity index (χ0n) is 17.5. The quantitative estimate of drug-likeness (QED) is 0.494. The van der Waals surface area contributed by atoms with Crippen molar-refractivity contribution in [2.75, 3.05) is 18.1 Å². The summed E-state index contributed by atoms with van der Waals surface area (Å²) in [5.41, 5.74) is 1.71. The van der Waals surface area contributed by atoms with Crippen molar-refractivity contribution < 1.29 is 23.9 Å². The molecule has 0 saturated carbocycles. The van der Waals surface area contributed by atoms with Crippen molar-refractivity contribution in [2.24, 2.45) is 0 Å². The first kappa shape index (κ1) is 22.2. The van der Waals surface area contributed by atoms with E-state index in [0.717, 1.165) is 5.56 Å². The molecule has 1 N–H and O–H groups in total. The van der Waals surface area contributed by atoms with E-state index in [-0.39, 0.29) is 29.2 Å². The van der Waals surface area contributed by atoms with Crippen molar-refractivity contribution in [2.45, 2.75) is 0 Å². The van der Waals surface area contributed by atoms with Crippen molar-refractivity contribution in [3.05, 3.63) is 96.2 Å². The van der Waals surface area contributed by atoms with Crippen LogP contribution in [0.4, 0.5) is 15.3 Å². The number of amides is 2. The van der Waals surface area contributed by atoms with E-state index in [0.29, 0.717) is 28.9 Å². The lowest BCUT2D eigenvalue weighted by molar-refractivity contribution is -0.107. The van der Waals surface area contributed by atoms with Crippen molar-refractivity contribution in [1.82, 2.24) is 5.32 Å². The highest BCUT2D eigenvalue weighted by Gasteiger charge is 2.25. The first-order chi connectivity index (χ1) is 16.1. The summed E-state index contributed by atoms with van der Waals surface area (Å²) < 4.78 is 11.3. The third-order valence-electron chi connectivity index (χ3n) is 4.65. The van der Waals surface area contributed by atoms with Crippen LogP contribution in [0.2, 0.25) is 0 Å². The molecule has 7 nitrogen and oxygen atoms in total. The maximum Gasteiger partial charge on any atom is 0.419 e. The van der Waals surface area contributed by atoms with E-state index in [2.05, 4.69) is 5.32 Å². The standard InChI is InChI=1S/C25H20N2O5S/c28-23-22(26-24(29)33-23)17-18-11-13-20(14-12-18)31-16-15-27(19-7-3-1-4-8-19)25(30)32-21-9-5-2-6-10-21/h1-14,17H,15-16H2,(H,26,29). The molecular formula is C25H20N2O5S. The summed E-state index contributed by atoms with van der Waals surface area (Å²) in [5, 5.41) is 1.83. The van der Waals surface area contributed by atoms with Gasteiger partial charge in [-0.05, 0) is 48.0 Å². The largest absolute Gasteiger partial charge is 0.492 e. The van der Waals surface area contributed by atoms with Gasteiger partial charge in [-0.1, -0.05) is 48.5 Å². The average Bonchev–Trinajstić information content (AvgIpc) is 3.15. The Bertz CT molecular complexity index is 1160. The molecule has 1 aliphatic heterocycles. The van der Waals surface area contributed by atoms with Gasteiger partial charge in [0.15, 0.2) is 0 Å². The molecule has 3 aromatic carbocycles. The van der Waals surface area contributed by atoms with Crippen LogP contribution in [0.25, 0.3) is 6.08 Å². The van der Waals surface area contributed by atoms with Gasteiger partial charge in [0.2, 0.25) is 5.12 Å². The number of nitrogens with one attached hydrogen (secondary N) is 1. The lowest BCUT2D eigenvalue weighted by Gasteiger charge is -2.22. The third-order valence-corrected chi connectivity index (χ3v) is 5.35. The van der Waals surface area contributed by atoms with E-state index >= 15 is 0 Å². The highest BCUT2D eigenvalue weighted by atomic mass is 32.2. The van der Waals surface area contributed by atoms with Crippen LogP contribution in [0, 0.1) is 0 Å². The summed E-state index contributed by atoms with van der Waals surface area (Å²) in [6.45, 7) is 0.518. The number of benzene rings is 3. The van der Waals surface area contributed by atoms with E-state index in [1.165, 1.54) is 4.90 Å². The van der Waals surface area contributed by atoms with Crippen LogP contribution < -0.4 is 19.7 Å². The van der Waals surface area contributed by atoms with Crippen molar-refractivity contribution in [3.8, 4) is 11.5 Å². The van der Waals surface area contributed by atoms with E-state index < -0.39 is 6.09 Å². The lowest BCUT2D eigenvalue weighted by atomic mass is 10.2. The topological polar surface area (TPSA) is 84.9 Å². The van der Waals surface area contributed by atoms with Gasteiger partial charge in [0.25, 0.3) is 5.24 Å². The molecule has 0 unspecified atom stereocenters. The molecule has 1 saturated heterocycles. The van der Waals surface area contributed by atoms with Gasteiger partial charge >= 0.3 is 6.09 Å². The average molecular weight is 461 g/mol. The van der Waals surface area contributed by atoms with Gasteiger partial charge in [-0.15, -0.1) is 0 Å². The van der Waals surface area contributed by atoms with E-state index in [4.69, 9.17) is 9.47 Å². The zero-order valence-corrected chi connectivity index (χ0v) is 18.3. The summed E-state index contributed by atoms with van der Waals surface area (Å²) >= 11 is 0.641. The zero-order chi connectivity index (χ0) is 23.0. The lowest BCUT2D eigenvalue weighted by Crippen LogP contribution is -2.36. The molecule has 3 aromatic rings. The van der Waals surface area contributed by atoms with Crippen LogP contribution in [0.3, 0.4) is 0 Å². The Morgan fingerprint density at radius 3 is 2.18 bits per heavy atom. The Balaban J connectivity index is 1.38. The normalized spacial score (nSPS) is 14.1. The summed E-state index contributed by atoms with van der Waals surface area (Å²) in [7, 11) is 0. The molecule has 1 fully saturated rings. The molecule has 166 valence electrons. The number of rotatable bonds is 7. The Morgan fingerprint density at radius 2 is 1.55 bits per heavy atom. The van der Waals surface area contributed by atoms with Gasteiger partial charge in [0, 0.05) is 17.4 Å². The fraction of sp³-hybridized carbons (Fsp3) is 0.0800. The van der Waals surface area contributed by atoms with Gasteiger partial charge in [0.1, 0.15) is 18.1 Å². The van der Waals surface area contributed by atoms with E-state index in [1.54, 1.807) is 54.6 Å². The monoisotopic (exact) mass is 460 g/mol. The summed E-state index contributed by atoms with van der Waals surface area (Å²) in [6.07, 6.45) is 1.11. The number of hydrogen-bond acceptors (Lipinski definition) is 6. The number of nitrogens with zero attached hydrogens (tertiary/aromatic N) is 1. The molecule has 8 heteroatoms. The number of ether oxygens (including phenoxy) is 2. The Morgan fingerprint density at radius 1 is 0.879 bits per heavy atom. The molecular weight excluding hydrogens is 440 g/mol. The van der Waals surface area contributed by atoms with Crippen LogP contribution in [-0.2, 0) is 4.79 Å². The van der Waals surface area contributed by atoms with Crippen LogP contribution in [0.5, 0.6) is 11.5 Å². The van der Waals surface area contributed by atoms with Gasteiger partial charge in [0.05, 0.1) is 12.2 Å². The minimum atomic E-state index is -0.501. The van der Waals surface area contributed by atoms with Crippen LogP contribution in [0.1, 0.15) is 5.56 Å². The molecule has 4 rings (SSSR count). The second-order valence-electron chi connectivity index (χ2n) is 6.95. The fourth-order valence-corrected chi connectivity index (χ4v) is 3.63. The molecule has 33 heavy (non-hydrogen) atoms. The minimum absolute atomic E-state index is 0.240. The summed E-state index contributed by atoms with van der Waals surface area (Å²) in [5.74, 6) is 1.07. The molecule has 0 spiro atoms. The van der Waals surface area contributed by atoms with Gasteiger partial charge in [-0.3, -0.25) is 14.5 Å². The molecule has 1 aliphatic rings. The van der Waals surface area contributed by atoms with Crippen molar-refractivity contribution in [3.63, 3.8) is 0 Å². The molecule has 0 aromatic heterocycles. The maximum atomic E-state index is 12.8. The highest BCUT2D eigenvalue weighted by molar-refractivity contribution is 8.27. The van der Waals surface area contributed by atoms with Crippen molar-refractivity contribution in [1.29, 1.82) is 0 Å². The Kier molecular flexibility index (Phi) is 7.06. The summed E-state index contributed by atoms with van der Waals surface area (Å²) in [6, 6.07) is 25.2. The molecule has 0 atom stereocenters. The number of carbonyl (C=O) groups excluding carboxylic acids is 3. The second kappa shape index (κ2) is 10.5. The summed E-state index contributed by atoms with van der Waals surface area (Å²) in [4.78, 5) is 37.3. The number of anilines is 1. The van der Waals surface area contributed by atoms with E-state index in [9.17, 15) is 14.4 Å². The highest BCUT2D eigenvalue weighted by Crippen LogP contribution is 2.22. The van der Waals surface area contributed by atoms with Crippen LogP contribution >= 0.6 is 11.8 Å². The number of carbonyl (C=O) groups is 3. The maximum absolute atomic E-state index is 12.8. The van der Waals surface area contributed by atoms with E-state index in [1.807, 2.05) is 36.4 Å². The smallest absolute Gasteiger partial charge is 0.419 e. The van der Waals surface area contributed by atoms with Gasteiger partial charge < -0.3 is 14.8 Å². The predicted octanol–water partition coefficient (Wildman–Crippen LogP) is 5.09. The number of hydrogen-bond donors (Lipinski definition) is 1. The third kappa shape index (κ3) is 6.02. The number of para-hydroxylation sites is 2. The van der Waals surface area contributed by atoms with Gasteiger partial charge in [-0.25, -0.2) is 4.79 Å².